The van der Waals surface area contributed by atoms with E-state index < -0.39 is 26.6 Å². The van der Waals surface area contributed by atoms with Crippen LogP contribution in [0.1, 0.15) is 0 Å². The maximum atomic E-state index is 13.3. The highest BCUT2D eigenvalue weighted by Gasteiger charge is 2.18. The Labute approximate surface area is 111 Å². The number of benzene rings is 1. The van der Waals surface area contributed by atoms with Crippen LogP contribution >= 0.6 is 0 Å². The summed E-state index contributed by atoms with van der Waals surface area (Å²) in [6, 6.07) is 2.32. The average molecular weight is 294 g/mol. The summed E-state index contributed by atoms with van der Waals surface area (Å²) in [6.07, 6.45) is 0. The van der Waals surface area contributed by atoms with E-state index in [1.807, 2.05) is 0 Å². The van der Waals surface area contributed by atoms with Crippen LogP contribution < -0.4 is 10.0 Å². The summed E-state index contributed by atoms with van der Waals surface area (Å²) in [5.41, 5.74) is 0. The Balaban J connectivity index is 2.52. The van der Waals surface area contributed by atoms with E-state index in [0.29, 0.717) is 25.8 Å². The van der Waals surface area contributed by atoms with Gasteiger partial charge in [-0.2, -0.15) is 0 Å². The smallest absolute Gasteiger partial charge is 0.243 e. The van der Waals surface area contributed by atoms with Crippen molar-refractivity contribution in [2.24, 2.45) is 0 Å². The van der Waals surface area contributed by atoms with E-state index in [4.69, 9.17) is 4.74 Å². The fourth-order valence-corrected chi connectivity index (χ4v) is 2.43. The first-order valence-corrected chi connectivity index (χ1v) is 7.10. The second-order valence-electron chi connectivity index (χ2n) is 3.72. The number of halogens is 2. The quantitative estimate of drug-likeness (QED) is 0.684. The van der Waals surface area contributed by atoms with Crippen molar-refractivity contribution in [1.82, 2.24) is 10.0 Å². The van der Waals surface area contributed by atoms with E-state index in [1.165, 1.54) is 0 Å². The van der Waals surface area contributed by atoms with E-state index >= 15 is 0 Å². The molecule has 0 heterocycles. The highest BCUT2D eigenvalue weighted by Crippen LogP contribution is 2.14. The van der Waals surface area contributed by atoms with Crippen LogP contribution in [0, 0.1) is 11.6 Å². The van der Waals surface area contributed by atoms with Gasteiger partial charge in [-0.25, -0.2) is 21.9 Å². The molecule has 0 amide bonds. The Morgan fingerprint density at radius 1 is 1.21 bits per heavy atom. The van der Waals surface area contributed by atoms with Crippen molar-refractivity contribution in [3.05, 3.63) is 29.8 Å². The third-order valence-corrected chi connectivity index (χ3v) is 3.75. The summed E-state index contributed by atoms with van der Waals surface area (Å²) >= 11 is 0. The third kappa shape index (κ3) is 5.19. The molecule has 0 fully saturated rings. The largest absolute Gasteiger partial charge is 0.383 e. The first kappa shape index (κ1) is 16.0. The molecule has 108 valence electrons. The van der Waals surface area contributed by atoms with Crippen LogP contribution in [-0.2, 0) is 14.8 Å². The van der Waals surface area contributed by atoms with Crippen molar-refractivity contribution >= 4 is 10.0 Å². The SMILES string of the molecule is COCCNCCNS(=O)(=O)c1ccc(F)cc1F. The summed E-state index contributed by atoms with van der Waals surface area (Å²) in [5, 5.41) is 2.93. The monoisotopic (exact) mass is 294 g/mol. The fraction of sp³-hybridized carbons (Fsp3) is 0.455. The molecule has 0 saturated heterocycles. The van der Waals surface area contributed by atoms with Crippen molar-refractivity contribution in [3.8, 4) is 0 Å². The predicted molar refractivity (Wildman–Crippen MR) is 66.3 cm³/mol. The number of hydrogen-bond acceptors (Lipinski definition) is 4. The number of methoxy groups -OCH3 is 1. The molecule has 0 bridgehead atoms. The Morgan fingerprint density at radius 3 is 2.58 bits per heavy atom. The van der Waals surface area contributed by atoms with Gasteiger partial charge in [-0.1, -0.05) is 0 Å². The molecule has 0 aliphatic heterocycles. The lowest BCUT2D eigenvalue weighted by molar-refractivity contribution is 0.199. The molecule has 1 rings (SSSR count). The Bertz CT molecular complexity index is 509. The highest BCUT2D eigenvalue weighted by atomic mass is 32.2. The van der Waals surface area contributed by atoms with Gasteiger partial charge in [0.15, 0.2) is 0 Å². The third-order valence-electron chi connectivity index (χ3n) is 2.26. The summed E-state index contributed by atoms with van der Waals surface area (Å²) in [5.74, 6) is -1.93. The molecule has 0 aromatic heterocycles. The maximum absolute atomic E-state index is 13.3. The molecule has 0 radical (unpaired) electrons. The lowest BCUT2D eigenvalue weighted by Crippen LogP contribution is -2.33. The Kier molecular flexibility index (Phi) is 6.29. The van der Waals surface area contributed by atoms with E-state index in [9.17, 15) is 17.2 Å². The van der Waals surface area contributed by atoms with Crippen molar-refractivity contribution in [1.29, 1.82) is 0 Å². The fourth-order valence-electron chi connectivity index (χ4n) is 1.34. The number of rotatable bonds is 8. The van der Waals surface area contributed by atoms with Crippen molar-refractivity contribution in [2.75, 3.05) is 33.4 Å². The van der Waals surface area contributed by atoms with Crippen molar-refractivity contribution < 1.29 is 21.9 Å². The molecule has 2 N–H and O–H groups in total. The first-order chi connectivity index (χ1) is 8.97. The zero-order valence-corrected chi connectivity index (χ0v) is 11.3. The molecule has 1 aromatic carbocycles. The minimum atomic E-state index is -3.96. The second-order valence-corrected chi connectivity index (χ2v) is 5.45. The van der Waals surface area contributed by atoms with Gasteiger partial charge in [0.1, 0.15) is 16.5 Å². The molecule has 0 aliphatic carbocycles. The molecule has 0 spiro atoms. The van der Waals surface area contributed by atoms with Gasteiger partial charge in [-0.3, -0.25) is 0 Å². The molecule has 1 aromatic rings. The minimum absolute atomic E-state index is 0.100. The van der Waals surface area contributed by atoms with Crippen molar-refractivity contribution in [2.45, 2.75) is 4.90 Å². The van der Waals surface area contributed by atoms with Gasteiger partial charge >= 0.3 is 0 Å². The van der Waals surface area contributed by atoms with Crippen LogP contribution in [0.15, 0.2) is 23.1 Å². The maximum Gasteiger partial charge on any atom is 0.243 e. The van der Waals surface area contributed by atoms with E-state index in [0.717, 1.165) is 12.1 Å². The topological polar surface area (TPSA) is 67.4 Å². The predicted octanol–water partition coefficient (Wildman–Crippen LogP) is 0.479. The van der Waals surface area contributed by atoms with E-state index in [-0.39, 0.29) is 6.54 Å². The summed E-state index contributed by atoms with van der Waals surface area (Å²) in [6.45, 7) is 1.58. The van der Waals surface area contributed by atoms with Crippen LogP contribution in [-0.4, -0.2) is 41.8 Å². The molecule has 0 aliphatic rings. The van der Waals surface area contributed by atoms with Crippen LogP contribution in [0.4, 0.5) is 8.78 Å². The molecule has 0 saturated carbocycles. The molecule has 0 unspecified atom stereocenters. The van der Waals surface area contributed by atoms with E-state index in [2.05, 4.69) is 10.0 Å². The Morgan fingerprint density at radius 2 is 1.95 bits per heavy atom. The number of hydrogen-bond donors (Lipinski definition) is 2. The molecular formula is C11H16F2N2O3S. The number of sulfonamides is 1. The van der Waals surface area contributed by atoms with Crippen LogP contribution in [0.25, 0.3) is 0 Å². The average Bonchev–Trinajstić information content (AvgIpc) is 2.33. The van der Waals surface area contributed by atoms with Gasteiger partial charge in [0.05, 0.1) is 6.61 Å². The van der Waals surface area contributed by atoms with Gasteiger partial charge in [0.2, 0.25) is 10.0 Å². The van der Waals surface area contributed by atoms with Crippen LogP contribution in [0.2, 0.25) is 0 Å². The van der Waals surface area contributed by atoms with Crippen LogP contribution in [0.5, 0.6) is 0 Å². The summed E-state index contributed by atoms with van der Waals surface area (Å²) in [7, 11) is -2.41. The number of nitrogens with one attached hydrogen (secondary N) is 2. The standard InChI is InChI=1S/C11H16F2N2O3S/c1-18-7-6-14-4-5-15-19(16,17)11-3-2-9(12)8-10(11)13/h2-3,8,14-15H,4-7H2,1H3. The van der Waals surface area contributed by atoms with Gasteiger partial charge in [-0.15, -0.1) is 0 Å². The van der Waals surface area contributed by atoms with Crippen LogP contribution in [0.3, 0.4) is 0 Å². The van der Waals surface area contributed by atoms with Gasteiger partial charge in [0, 0.05) is 32.8 Å². The summed E-state index contributed by atoms with van der Waals surface area (Å²) in [4.78, 5) is -0.564. The van der Waals surface area contributed by atoms with Gasteiger partial charge in [0.25, 0.3) is 0 Å². The Hall–Kier alpha value is -1.09. The summed E-state index contributed by atoms with van der Waals surface area (Å²) < 4.78 is 56.5. The minimum Gasteiger partial charge on any atom is -0.383 e. The van der Waals surface area contributed by atoms with Crippen molar-refractivity contribution in [3.63, 3.8) is 0 Å². The lowest BCUT2D eigenvalue weighted by Gasteiger charge is -2.08. The zero-order chi connectivity index (χ0) is 14.3. The van der Waals surface area contributed by atoms with E-state index in [1.54, 1.807) is 7.11 Å². The molecule has 0 atom stereocenters. The lowest BCUT2D eigenvalue weighted by atomic mass is 10.3. The molecular weight excluding hydrogens is 278 g/mol. The highest BCUT2D eigenvalue weighted by molar-refractivity contribution is 7.89. The van der Waals surface area contributed by atoms with Gasteiger partial charge < -0.3 is 10.1 Å². The molecule has 5 nitrogen and oxygen atoms in total. The zero-order valence-electron chi connectivity index (χ0n) is 10.4. The number of ether oxygens (including phenoxy) is 1. The molecule has 8 heteroatoms. The normalized spacial score (nSPS) is 11.7. The second kappa shape index (κ2) is 7.49. The first-order valence-electron chi connectivity index (χ1n) is 5.62. The van der Waals surface area contributed by atoms with Gasteiger partial charge in [-0.05, 0) is 12.1 Å². The molecule has 19 heavy (non-hydrogen) atoms.